The van der Waals surface area contributed by atoms with Gasteiger partial charge in [0, 0.05) is 18.9 Å². The predicted octanol–water partition coefficient (Wildman–Crippen LogP) is 1.08. The lowest BCUT2D eigenvalue weighted by Gasteiger charge is -2.20. The van der Waals surface area contributed by atoms with Crippen LogP contribution in [0.5, 0.6) is 0 Å². The van der Waals surface area contributed by atoms with Gasteiger partial charge in [0.25, 0.3) is 0 Å². The SMILES string of the molecule is CCCCCCCC(=O)NC(CC(N)=O)C(=O)NC(C)CCC(=O)O. The molecule has 0 aliphatic carbocycles. The third kappa shape index (κ3) is 12.9. The van der Waals surface area contributed by atoms with Crippen molar-refractivity contribution in [1.29, 1.82) is 0 Å². The van der Waals surface area contributed by atoms with Crippen LogP contribution in [0.1, 0.15) is 71.6 Å². The number of nitrogens with one attached hydrogen (secondary N) is 2. The Morgan fingerprint density at radius 2 is 1.64 bits per heavy atom. The van der Waals surface area contributed by atoms with E-state index in [1.807, 2.05) is 0 Å². The second kappa shape index (κ2) is 13.2. The zero-order valence-corrected chi connectivity index (χ0v) is 15.2. The Morgan fingerprint density at radius 1 is 1.00 bits per heavy atom. The summed E-state index contributed by atoms with van der Waals surface area (Å²) in [5, 5.41) is 13.8. The molecule has 0 radical (unpaired) electrons. The Kier molecular flexibility index (Phi) is 12.1. The van der Waals surface area contributed by atoms with Gasteiger partial charge in [0.15, 0.2) is 0 Å². The van der Waals surface area contributed by atoms with Crippen LogP contribution in [0.3, 0.4) is 0 Å². The van der Waals surface area contributed by atoms with E-state index in [1.165, 1.54) is 0 Å². The van der Waals surface area contributed by atoms with Crippen molar-refractivity contribution in [3.8, 4) is 0 Å². The van der Waals surface area contributed by atoms with Crippen LogP contribution in [0.2, 0.25) is 0 Å². The average molecular weight is 357 g/mol. The highest BCUT2D eigenvalue weighted by Gasteiger charge is 2.24. The molecule has 0 bridgehead atoms. The number of carboxylic acid groups (broad SMARTS) is 1. The van der Waals surface area contributed by atoms with Crippen molar-refractivity contribution < 1.29 is 24.3 Å². The molecule has 0 aliphatic rings. The zero-order chi connectivity index (χ0) is 19.2. The molecule has 0 aromatic heterocycles. The van der Waals surface area contributed by atoms with Gasteiger partial charge in [-0.1, -0.05) is 32.6 Å². The van der Waals surface area contributed by atoms with E-state index in [1.54, 1.807) is 6.92 Å². The van der Waals surface area contributed by atoms with Gasteiger partial charge in [-0.3, -0.25) is 19.2 Å². The molecule has 0 heterocycles. The predicted molar refractivity (Wildman–Crippen MR) is 93.6 cm³/mol. The third-order valence-corrected chi connectivity index (χ3v) is 3.74. The minimum absolute atomic E-state index is 0.0773. The Morgan fingerprint density at radius 3 is 2.20 bits per heavy atom. The van der Waals surface area contributed by atoms with Crippen molar-refractivity contribution in [2.45, 2.75) is 83.7 Å². The fraction of sp³-hybridized carbons (Fsp3) is 0.765. The molecule has 0 aromatic rings. The van der Waals surface area contributed by atoms with Crippen molar-refractivity contribution >= 4 is 23.7 Å². The van der Waals surface area contributed by atoms with Crippen LogP contribution < -0.4 is 16.4 Å². The van der Waals surface area contributed by atoms with E-state index in [2.05, 4.69) is 17.6 Å². The second-order valence-corrected chi connectivity index (χ2v) is 6.30. The molecule has 5 N–H and O–H groups in total. The lowest BCUT2D eigenvalue weighted by Crippen LogP contribution is -2.50. The van der Waals surface area contributed by atoms with Gasteiger partial charge < -0.3 is 21.5 Å². The number of amides is 3. The highest BCUT2D eigenvalue weighted by Crippen LogP contribution is 2.06. The van der Waals surface area contributed by atoms with Crippen molar-refractivity contribution in [3.63, 3.8) is 0 Å². The molecule has 0 aliphatic heterocycles. The molecule has 0 saturated carbocycles. The molecule has 144 valence electrons. The van der Waals surface area contributed by atoms with Crippen LogP contribution in [0, 0.1) is 0 Å². The largest absolute Gasteiger partial charge is 0.481 e. The summed E-state index contributed by atoms with van der Waals surface area (Å²) in [5.41, 5.74) is 5.14. The smallest absolute Gasteiger partial charge is 0.303 e. The minimum atomic E-state index is -1.03. The lowest BCUT2D eigenvalue weighted by atomic mass is 10.1. The molecule has 25 heavy (non-hydrogen) atoms. The molecule has 0 saturated heterocycles. The summed E-state index contributed by atoms with van der Waals surface area (Å²) in [6, 6.07) is -1.42. The van der Waals surface area contributed by atoms with Crippen molar-refractivity contribution in [1.82, 2.24) is 10.6 Å². The fourth-order valence-corrected chi connectivity index (χ4v) is 2.32. The van der Waals surface area contributed by atoms with E-state index in [4.69, 9.17) is 10.8 Å². The van der Waals surface area contributed by atoms with Gasteiger partial charge >= 0.3 is 5.97 Å². The number of nitrogens with two attached hydrogens (primary N) is 1. The highest BCUT2D eigenvalue weighted by atomic mass is 16.4. The van der Waals surface area contributed by atoms with Gasteiger partial charge in [0.05, 0.1) is 6.42 Å². The molecular weight excluding hydrogens is 326 g/mol. The number of carbonyl (C=O) groups excluding carboxylic acids is 3. The average Bonchev–Trinajstić information content (AvgIpc) is 2.51. The van der Waals surface area contributed by atoms with E-state index in [0.29, 0.717) is 6.42 Å². The second-order valence-electron chi connectivity index (χ2n) is 6.30. The molecule has 0 rings (SSSR count). The first-order valence-corrected chi connectivity index (χ1v) is 8.86. The maximum absolute atomic E-state index is 12.2. The molecular formula is C17H31N3O5. The van der Waals surface area contributed by atoms with Crippen molar-refractivity contribution in [2.24, 2.45) is 5.73 Å². The summed E-state index contributed by atoms with van der Waals surface area (Å²) in [6.45, 7) is 3.77. The van der Waals surface area contributed by atoms with Crippen LogP contribution in [0.4, 0.5) is 0 Å². The fourth-order valence-electron chi connectivity index (χ4n) is 2.32. The minimum Gasteiger partial charge on any atom is -0.481 e. The lowest BCUT2D eigenvalue weighted by molar-refractivity contribution is -0.137. The van der Waals surface area contributed by atoms with Crippen molar-refractivity contribution in [2.75, 3.05) is 0 Å². The molecule has 0 spiro atoms. The van der Waals surface area contributed by atoms with Gasteiger partial charge in [0.2, 0.25) is 17.7 Å². The van der Waals surface area contributed by atoms with E-state index in [0.717, 1.165) is 32.1 Å². The van der Waals surface area contributed by atoms with E-state index >= 15 is 0 Å². The normalized spacial score (nSPS) is 12.9. The molecule has 2 unspecified atom stereocenters. The summed E-state index contributed by atoms with van der Waals surface area (Å²) < 4.78 is 0. The van der Waals surface area contributed by atoms with Crippen LogP contribution in [0.25, 0.3) is 0 Å². The van der Waals surface area contributed by atoms with Crippen LogP contribution in [-0.4, -0.2) is 40.9 Å². The summed E-state index contributed by atoms with van der Waals surface area (Å²) in [6.07, 6.45) is 5.17. The Labute approximate surface area is 148 Å². The Hall–Kier alpha value is -2.12. The number of hydrogen-bond acceptors (Lipinski definition) is 4. The van der Waals surface area contributed by atoms with Gasteiger partial charge in [-0.25, -0.2) is 0 Å². The first-order chi connectivity index (χ1) is 11.8. The van der Waals surface area contributed by atoms with E-state index < -0.39 is 23.8 Å². The number of hydrogen-bond donors (Lipinski definition) is 4. The van der Waals surface area contributed by atoms with Gasteiger partial charge in [-0.15, -0.1) is 0 Å². The standard InChI is InChI=1S/C17H31N3O5/c1-3-4-5-6-7-8-15(22)20-13(11-14(18)21)17(25)19-12(2)9-10-16(23)24/h12-13H,3-11H2,1-2H3,(H2,18,21)(H,19,25)(H,20,22)(H,23,24). The topological polar surface area (TPSA) is 139 Å². The Bertz CT molecular complexity index is 454. The Balaban J connectivity index is 4.41. The summed E-state index contributed by atoms with van der Waals surface area (Å²) >= 11 is 0. The van der Waals surface area contributed by atoms with E-state index in [-0.39, 0.29) is 31.2 Å². The van der Waals surface area contributed by atoms with Crippen LogP contribution >= 0.6 is 0 Å². The van der Waals surface area contributed by atoms with Crippen LogP contribution in [-0.2, 0) is 19.2 Å². The summed E-state index contributed by atoms with van der Waals surface area (Å²) in [4.78, 5) is 45.8. The number of primary amides is 1. The van der Waals surface area contributed by atoms with Crippen LogP contribution in [0.15, 0.2) is 0 Å². The highest BCUT2D eigenvalue weighted by molar-refractivity contribution is 5.91. The molecule has 2 atom stereocenters. The molecule has 0 aromatic carbocycles. The summed E-state index contributed by atoms with van der Waals surface area (Å²) in [7, 11) is 0. The molecule has 3 amide bonds. The summed E-state index contributed by atoms with van der Waals surface area (Å²) in [5.74, 6) is -2.47. The first kappa shape index (κ1) is 22.9. The van der Waals surface area contributed by atoms with Crippen molar-refractivity contribution in [3.05, 3.63) is 0 Å². The molecule has 0 fully saturated rings. The maximum atomic E-state index is 12.2. The van der Waals surface area contributed by atoms with E-state index in [9.17, 15) is 19.2 Å². The third-order valence-electron chi connectivity index (χ3n) is 3.74. The monoisotopic (exact) mass is 357 g/mol. The molecule has 8 nitrogen and oxygen atoms in total. The zero-order valence-electron chi connectivity index (χ0n) is 15.2. The number of carboxylic acids is 1. The first-order valence-electron chi connectivity index (χ1n) is 8.86. The molecule has 8 heteroatoms. The van der Waals surface area contributed by atoms with Gasteiger partial charge in [-0.2, -0.15) is 0 Å². The maximum Gasteiger partial charge on any atom is 0.303 e. The number of rotatable bonds is 14. The number of unbranched alkanes of at least 4 members (excludes halogenated alkanes) is 4. The van der Waals surface area contributed by atoms with Gasteiger partial charge in [0.1, 0.15) is 6.04 Å². The van der Waals surface area contributed by atoms with Gasteiger partial charge in [-0.05, 0) is 19.8 Å². The number of carbonyl (C=O) groups is 4. The quantitative estimate of drug-likeness (QED) is 0.345. The number of aliphatic carboxylic acids is 1.